The molecule has 0 aliphatic carbocycles. The molecule has 0 spiro atoms. The van der Waals surface area contributed by atoms with Gasteiger partial charge in [0.25, 0.3) is 0 Å². The maximum Gasteiger partial charge on any atom is 0.340 e. The second-order valence-electron chi connectivity index (χ2n) is 6.05. The van der Waals surface area contributed by atoms with Crippen LogP contribution in [0, 0.1) is 6.92 Å². The zero-order valence-electron chi connectivity index (χ0n) is 14.4. The zero-order valence-corrected chi connectivity index (χ0v) is 14.4. The molecular weight excluding hydrogens is 324 g/mol. The fourth-order valence-electron chi connectivity index (χ4n) is 2.57. The molecule has 0 amide bonds. The molecule has 0 saturated carbocycles. The third kappa shape index (κ3) is 4.87. The normalized spacial score (nSPS) is 18.7. The van der Waals surface area contributed by atoms with Crippen LogP contribution in [0.3, 0.4) is 0 Å². The minimum absolute atomic E-state index is 0.0637. The van der Waals surface area contributed by atoms with E-state index >= 15 is 0 Å². The third-order valence-corrected chi connectivity index (χ3v) is 3.98. The van der Waals surface area contributed by atoms with Gasteiger partial charge in [-0.1, -0.05) is 17.3 Å². The van der Waals surface area contributed by atoms with Crippen molar-refractivity contribution in [3.63, 3.8) is 0 Å². The van der Waals surface area contributed by atoms with Crippen LogP contribution in [0.4, 0.5) is 0 Å². The lowest BCUT2D eigenvalue weighted by molar-refractivity contribution is -0.149. The smallest absolute Gasteiger partial charge is 0.340 e. The highest BCUT2D eigenvalue weighted by Crippen LogP contribution is 2.22. The molecule has 1 aliphatic rings. The van der Waals surface area contributed by atoms with Crippen molar-refractivity contribution >= 4 is 5.97 Å². The lowest BCUT2D eigenvalue weighted by atomic mass is 10.1. The number of esters is 1. The largest absolute Gasteiger partial charge is 0.425 e. The van der Waals surface area contributed by atoms with E-state index in [1.807, 2.05) is 6.07 Å². The molecule has 1 fully saturated rings. The molecule has 1 saturated heterocycles. The Kier molecular flexibility index (Phi) is 5.78. The van der Waals surface area contributed by atoms with Crippen LogP contribution in [-0.2, 0) is 14.3 Å². The number of hydrogen-bond donors (Lipinski definition) is 0. The van der Waals surface area contributed by atoms with E-state index in [9.17, 15) is 4.79 Å². The van der Waals surface area contributed by atoms with Crippen LogP contribution in [0.1, 0.15) is 32.1 Å². The van der Waals surface area contributed by atoms with E-state index in [0.29, 0.717) is 29.6 Å². The first kappa shape index (κ1) is 17.6. The minimum atomic E-state index is -0.665. The first-order chi connectivity index (χ1) is 12.1. The molecule has 0 radical (unpaired) electrons. The van der Waals surface area contributed by atoms with Crippen molar-refractivity contribution in [2.45, 2.75) is 45.3 Å². The summed E-state index contributed by atoms with van der Waals surface area (Å²) >= 11 is 0. The van der Waals surface area contributed by atoms with Gasteiger partial charge in [0.15, 0.2) is 6.10 Å². The van der Waals surface area contributed by atoms with Crippen molar-refractivity contribution in [3.8, 4) is 17.1 Å². The van der Waals surface area contributed by atoms with Crippen LogP contribution in [0.2, 0.25) is 0 Å². The molecule has 7 nitrogen and oxygen atoms in total. The van der Waals surface area contributed by atoms with E-state index in [4.69, 9.17) is 18.7 Å². The monoisotopic (exact) mass is 346 g/mol. The fourth-order valence-corrected chi connectivity index (χ4v) is 2.57. The number of aryl methyl sites for hydroxylation is 1. The molecule has 25 heavy (non-hydrogen) atoms. The van der Waals surface area contributed by atoms with Crippen molar-refractivity contribution in [1.29, 1.82) is 0 Å². The van der Waals surface area contributed by atoms with E-state index < -0.39 is 12.1 Å². The standard InChI is InChI=1S/C18H22N2O5/c1-12(23-11-16-7-3-4-9-22-16)18(21)24-15-8-5-6-14(10-15)17-19-13(2)25-20-17/h5-6,8,10,12,16H,3-4,7,9,11H2,1-2H3. The highest BCUT2D eigenvalue weighted by Gasteiger charge is 2.20. The molecule has 2 aromatic rings. The maximum atomic E-state index is 12.2. The van der Waals surface area contributed by atoms with Crippen LogP contribution in [0.25, 0.3) is 11.4 Å². The molecule has 134 valence electrons. The fraction of sp³-hybridized carbons (Fsp3) is 0.500. The van der Waals surface area contributed by atoms with Gasteiger partial charge in [-0.2, -0.15) is 4.98 Å². The van der Waals surface area contributed by atoms with Gasteiger partial charge >= 0.3 is 5.97 Å². The molecule has 3 rings (SSSR count). The predicted octanol–water partition coefficient (Wildman–Crippen LogP) is 2.92. The summed E-state index contributed by atoms with van der Waals surface area (Å²) in [6.07, 6.45) is 2.59. The molecule has 1 aromatic carbocycles. The Hall–Kier alpha value is -2.25. The van der Waals surface area contributed by atoms with Gasteiger partial charge in [-0.05, 0) is 38.3 Å². The summed E-state index contributed by atoms with van der Waals surface area (Å²) in [7, 11) is 0. The average Bonchev–Trinajstić information content (AvgIpc) is 3.07. The van der Waals surface area contributed by atoms with Gasteiger partial charge in [0.1, 0.15) is 5.75 Å². The Balaban J connectivity index is 1.55. The SMILES string of the molecule is Cc1nc(-c2cccc(OC(=O)C(C)OCC3CCCCO3)c2)no1. The molecular formula is C18H22N2O5. The van der Waals surface area contributed by atoms with Crippen molar-refractivity contribution in [2.24, 2.45) is 0 Å². The third-order valence-electron chi connectivity index (χ3n) is 3.98. The van der Waals surface area contributed by atoms with Crippen molar-refractivity contribution in [2.75, 3.05) is 13.2 Å². The number of hydrogen-bond acceptors (Lipinski definition) is 7. The van der Waals surface area contributed by atoms with Gasteiger partial charge < -0.3 is 18.7 Å². The van der Waals surface area contributed by atoms with E-state index in [2.05, 4.69) is 10.1 Å². The van der Waals surface area contributed by atoms with E-state index in [-0.39, 0.29) is 6.10 Å². The van der Waals surface area contributed by atoms with Gasteiger partial charge in [-0.3, -0.25) is 0 Å². The lowest BCUT2D eigenvalue weighted by Crippen LogP contribution is -2.31. The molecule has 1 aliphatic heterocycles. The lowest BCUT2D eigenvalue weighted by Gasteiger charge is -2.23. The highest BCUT2D eigenvalue weighted by molar-refractivity contribution is 5.77. The number of rotatable bonds is 6. The zero-order chi connectivity index (χ0) is 17.6. The summed E-state index contributed by atoms with van der Waals surface area (Å²) < 4.78 is 21.5. The topological polar surface area (TPSA) is 83.7 Å². The van der Waals surface area contributed by atoms with Gasteiger partial charge in [-0.15, -0.1) is 0 Å². The van der Waals surface area contributed by atoms with Gasteiger partial charge in [0, 0.05) is 19.1 Å². The number of carbonyl (C=O) groups is 1. The van der Waals surface area contributed by atoms with Crippen molar-refractivity contribution in [3.05, 3.63) is 30.2 Å². The molecule has 1 aromatic heterocycles. The van der Waals surface area contributed by atoms with E-state index in [1.165, 1.54) is 0 Å². The molecule has 2 atom stereocenters. The Morgan fingerprint density at radius 2 is 2.28 bits per heavy atom. The molecule has 0 bridgehead atoms. The number of benzene rings is 1. The van der Waals surface area contributed by atoms with Crippen molar-refractivity contribution < 1.29 is 23.5 Å². The van der Waals surface area contributed by atoms with E-state index in [0.717, 1.165) is 25.9 Å². The predicted molar refractivity (Wildman–Crippen MR) is 89.1 cm³/mol. The average molecular weight is 346 g/mol. The Morgan fingerprint density at radius 1 is 1.40 bits per heavy atom. The Labute approximate surface area is 146 Å². The summed E-state index contributed by atoms with van der Waals surface area (Å²) in [5.41, 5.74) is 0.714. The number of nitrogens with zero attached hydrogens (tertiary/aromatic N) is 2. The first-order valence-electron chi connectivity index (χ1n) is 8.47. The van der Waals surface area contributed by atoms with Crippen LogP contribution < -0.4 is 4.74 Å². The summed E-state index contributed by atoms with van der Waals surface area (Å²) in [5.74, 6) is 0.894. The van der Waals surface area contributed by atoms with Gasteiger partial charge in [0.05, 0.1) is 12.7 Å². The van der Waals surface area contributed by atoms with Gasteiger partial charge in [-0.25, -0.2) is 4.79 Å². The second kappa shape index (κ2) is 8.22. The first-order valence-corrected chi connectivity index (χ1v) is 8.47. The molecule has 7 heteroatoms. The number of carbonyl (C=O) groups excluding carboxylic acids is 1. The van der Waals surface area contributed by atoms with Crippen LogP contribution >= 0.6 is 0 Å². The highest BCUT2D eigenvalue weighted by atomic mass is 16.6. The summed E-state index contributed by atoms with van der Waals surface area (Å²) in [6.45, 7) is 4.56. The van der Waals surface area contributed by atoms with Crippen LogP contribution in [0.5, 0.6) is 5.75 Å². The molecule has 2 unspecified atom stereocenters. The summed E-state index contributed by atoms with van der Waals surface area (Å²) in [4.78, 5) is 16.4. The minimum Gasteiger partial charge on any atom is -0.425 e. The van der Waals surface area contributed by atoms with E-state index in [1.54, 1.807) is 32.0 Å². The number of ether oxygens (including phenoxy) is 3. The summed E-state index contributed by atoms with van der Waals surface area (Å²) in [6, 6.07) is 6.98. The van der Waals surface area contributed by atoms with Gasteiger partial charge in [0.2, 0.25) is 11.7 Å². The summed E-state index contributed by atoms with van der Waals surface area (Å²) in [5, 5.41) is 3.86. The quantitative estimate of drug-likeness (QED) is 0.587. The maximum absolute atomic E-state index is 12.2. The molecule has 0 N–H and O–H groups in total. The Morgan fingerprint density at radius 3 is 3.00 bits per heavy atom. The Bertz CT molecular complexity index is 709. The van der Waals surface area contributed by atoms with Crippen molar-refractivity contribution in [1.82, 2.24) is 10.1 Å². The number of aromatic nitrogens is 2. The second-order valence-corrected chi connectivity index (χ2v) is 6.05. The molecule has 2 heterocycles. The van der Waals surface area contributed by atoms with Crippen LogP contribution in [-0.4, -0.2) is 41.5 Å². The van der Waals surface area contributed by atoms with Crippen LogP contribution in [0.15, 0.2) is 28.8 Å².